The van der Waals surface area contributed by atoms with E-state index in [1.54, 1.807) is 13.2 Å². The van der Waals surface area contributed by atoms with Gasteiger partial charge in [0.1, 0.15) is 0 Å². The van der Waals surface area contributed by atoms with Crippen molar-refractivity contribution in [3.63, 3.8) is 0 Å². The van der Waals surface area contributed by atoms with Crippen molar-refractivity contribution < 1.29 is 4.74 Å². The van der Waals surface area contributed by atoms with Gasteiger partial charge >= 0.3 is 0 Å². The van der Waals surface area contributed by atoms with Crippen LogP contribution in [-0.4, -0.2) is 43.9 Å². The highest BCUT2D eigenvalue weighted by atomic mass is 127. The number of aromatic nitrogens is 1. The number of aliphatic imine (C=N–C) groups is 1. The van der Waals surface area contributed by atoms with Crippen molar-refractivity contribution in [2.45, 2.75) is 58.9 Å². The Morgan fingerprint density at radius 3 is 2.68 bits per heavy atom. The fraction of sp³-hybridized carbons (Fsp3) is 0.714. The van der Waals surface area contributed by atoms with E-state index in [0.717, 1.165) is 63.7 Å². The fourth-order valence-corrected chi connectivity index (χ4v) is 3.58. The van der Waals surface area contributed by atoms with Gasteiger partial charge in [0.25, 0.3) is 5.56 Å². The van der Waals surface area contributed by atoms with E-state index in [1.807, 2.05) is 23.6 Å². The quantitative estimate of drug-likeness (QED) is 0.210. The lowest BCUT2D eigenvalue weighted by atomic mass is 9.67. The molecule has 1 heterocycles. The van der Waals surface area contributed by atoms with Gasteiger partial charge in [0.05, 0.1) is 0 Å². The summed E-state index contributed by atoms with van der Waals surface area (Å²) in [7, 11) is 1.77. The van der Waals surface area contributed by atoms with Crippen LogP contribution in [0.4, 0.5) is 0 Å². The second-order valence-electron chi connectivity index (χ2n) is 7.58. The zero-order chi connectivity index (χ0) is 19.5. The highest BCUT2D eigenvalue weighted by molar-refractivity contribution is 14.0. The van der Waals surface area contributed by atoms with Gasteiger partial charge in [0, 0.05) is 51.7 Å². The summed E-state index contributed by atoms with van der Waals surface area (Å²) in [6.07, 6.45) is 6.88. The van der Waals surface area contributed by atoms with Crippen molar-refractivity contribution in [2.24, 2.45) is 10.4 Å². The molecule has 0 radical (unpaired) electrons. The summed E-state index contributed by atoms with van der Waals surface area (Å²) in [5.74, 6) is 0.897. The maximum Gasteiger partial charge on any atom is 0.250 e. The normalized spacial score (nSPS) is 15.5. The number of methoxy groups -OCH3 is 1. The van der Waals surface area contributed by atoms with Crippen LogP contribution >= 0.6 is 24.0 Å². The summed E-state index contributed by atoms with van der Waals surface area (Å²) in [5, 5.41) is 6.77. The first-order chi connectivity index (χ1) is 13.1. The van der Waals surface area contributed by atoms with Gasteiger partial charge < -0.3 is 19.9 Å². The number of rotatable bonds is 11. The molecule has 0 atom stereocenters. The van der Waals surface area contributed by atoms with Crippen molar-refractivity contribution in [1.82, 2.24) is 15.2 Å². The minimum absolute atomic E-state index is 0. The Hall–Kier alpha value is -1.09. The third kappa shape index (κ3) is 7.73. The molecular weight excluding hydrogens is 467 g/mol. The number of halogens is 1. The lowest BCUT2D eigenvalue weighted by Crippen LogP contribution is -2.40. The molecule has 1 aromatic heterocycles. The molecule has 1 aliphatic rings. The molecule has 1 aromatic rings. The van der Waals surface area contributed by atoms with Gasteiger partial charge in [0.2, 0.25) is 0 Å². The Kier molecular flexibility index (Phi) is 11.8. The molecule has 1 aliphatic carbocycles. The van der Waals surface area contributed by atoms with Crippen molar-refractivity contribution in [3.8, 4) is 0 Å². The summed E-state index contributed by atoms with van der Waals surface area (Å²) in [6.45, 7) is 8.23. The molecule has 28 heavy (non-hydrogen) atoms. The monoisotopic (exact) mass is 504 g/mol. The highest BCUT2D eigenvalue weighted by Crippen LogP contribution is 2.44. The number of guanidine groups is 1. The van der Waals surface area contributed by atoms with Crippen LogP contribution in [0.5, 0.6) is 0 Å². The maximum atomic E-state index is 11.9. The van der Waals surface area contributed by atoms with E-state index >= 15 is 0 Å². The average Bonchev–Trinajstić information content (AvgIpc) is 2.62. The largest absolute Gasteiger partial charge is 0.385 e. The SMILES string of the molecule is CCNC(=NCC1(CCOC)CCC1)NCCCCn1c(C)cccc1=O.I. The van der Waals surface area contributed by atoms with E-state index in [2.05, 4.69) is 17.6 Å². The number of aryl methyl sites for hydroxylation is 1. The molecule has 0 amide bonds. The molecule has 0 spiro atoms. The molecule has 0 aromatic carbocycles. The number of hydrogen-bond acceptors (Lipinski definition) is 3. The standard InChI is InChI=1S/C21H36N4O2.HI/c1-4-22-20(24-17-21(11-8-12-21)13-16-27-3)23-14-5-6-15-25-18(2)9-7-10-19(25)26;/h7,9-10H,4-6,8,11-17H2,1-3H3,(H2,22,23,24);1H. The average molecular weight is 504 g/mol. The first-order valence-corrected chi connectivity index (χ1v) is 10.3. The fourth-order valence-electron chi connectivity index (χ4n) is 3.58. The lowest BCUT2D eigenvalue weighted by molar-refractivity contribution is 0.0778. The molecule has 2 N–H and O–H groups in total. The highest BCUT2D eigenvalue weighted by Gasteiger charge is 2.36. The first-order valence-electron chi connectivity index (χ1n) is 10.3. The minimum Gasteiger partial charge on any atom is -0.385 e. The van der Waals surface area contributed by atoms with Crippen LogP contribution in [0.2, 0.25) is 0 Å². The Labute approximate surface area is 186 Å². The number of ether oxygens (including phenoxy) is 1. The predicted octanol–water partition coefficient (Wildman–Crippen LogP) is 3.32. The second-order valence-corrected chi connectivity index (χ2v) is 7.58. The molecule has 2 rings (SSSR count). The summed E-state index contributed by atoms with van der Waals surface area (Å²) in [4.78, 5) is 16.7. The lowest BCUT2D eigenvalue weighted by Gasteiger charge is -2.40. The number of pyridine rings is 1. The van der Waals surface area contributed by atoms with Crippen LogP contribution in [0.3, 0.4) is 0 Å². The Morgan fingerprint density at radius 1 is 1.29 bits per heavy atom. The van der Waals surface area contributed by atoms with Crippen molar-refractivity contribution in [2.75, 3.05) is 33.4 Å². The number of nitrogens with zero attached hydrogens (tertiary/aromatic N) is 2. The van der Waals surface area contributed by atoms with E-state index in [0.29, 0.717) is 5.41 Å². The molecule has 1 saturated carbocycles. The van der Waals surface area contributed by atoms with Gasteiger partial charge in [-0.2, -0.15) is 0 Å². The topological polar surface area (TPSA) is 67.7 Å². The zero-order valence-electron chi connectivity index (χ0n) is 17.6. The summed E-state index contributed by atoms with van der Waals surface area (Å²) < 4.78 is 7.11. The van der Waals surface area contributed by atoms with Crippen LogP contribution in [0, 0.1) is 12.3 Å². The molecule has 0 unspecified atom stereocenters. The third-order valence-electron chi connectivity index (χ3n) is 5.54. The van der Waals surface area contributed by atoms with Crippen molar-refractivity contribution in [1.29, 1.82) is 0 Å². The number of unbranched alkanes of at least 4 members (excludes halogenated alkanes) is 1. The van der Waals surface area contributed by atoms with Crippen LogP contribution in [0.15, 0.2) is 28.0 Å². The third-order valence-corrected chi connectivity index (χ3v) is 5.54. The minimum atomic E-state index is 0. The van der Waals surface area contributed by atoms with Crippen molar-refractivity contribution >= 4 is 29.9 Å². The summed E-state index contributed by atoms with van der Waals surface area (Å²) in [6, 6.07) is 5.42. The van der Waals surface area contributed by atoms with Gasteiger partial charge in [-0.05, 0) is 57.4 Å². The van der Waals surface area contributed by atoms with E-state index in [1.165, 1.54) is 19.3 Å². The summed E-state index contributed by atoms with van der Waals surface area (Å²) >= 11 is 0. The van der Waals surface area contributed by atoms with Gasteiger partial charge in [-0.25, -0.2) is 0 Å². The van der Waals surface area contributed by atoms with Gasteiger partial charge in [-0.15, -0.1) is 24.0 Å². The van der Waals surface area contributed by atoms with Gasteiger partial charge in [0.15, 0.2) is 5.96 Å². The molecule has 6 nitrogen and oxygen atoms in total. The van der Waals surface area contributed by atoms with Crippen LogP contribution in [0.1, 0.15) is 51.1 Å². The molecule has 1 fully saturated rings. The predicted molar refractivity (Wildman–Crippen MR) is 127 cm³/mol. The zero-order valence-corrected chi connectivity index (χ0v) is 20.0. The molecule has 0 aliphatic heterocycles. The number of nitrogens with one attached hydrogen (secondary N) is 2. The van der Waals surface area contributed by atoms with E-state index in [-0.39, 0.29) is 29.5 Å². The maximum absolute atomic E-state index is 11.9. The summed E-state index contributed by atoms with van der Waals surface area (Å²) in [5.41, 5.74) is 1.44. The molecule has 0 saturated heterocycles. The van der Waals surface area contributed by atoms with Crippen LogP contribution in [0.25, 0.3) is 0 Å². The smallest absolute Gasteiger partial charge is 0.250 e. The van der Waals surface area contributed by atoms with E-state index in [9.17, 15) is 4.79 Å². The Bertz CT molecular complexity index is 656. The van der Waals surface area contributed by atoms with Crippen molar-refractivity contribution in [3.05, 3.63) is 34.2 Å². The molecule has 7 heteroatoms. The van der Waals surface area contributed by atoms with Crippen LogP contribution in [-0.2, 0) is 11.3 Å². The van der Waals surface area contributed by atoms with Gasteiger partial charge in [-0.1, -0.05) is 12.5 Å². The van der Waals surface area contributed by atoms with E-state index < -0.39 is 0 Å². The van der Waals surface area contributed by atoms with Gasteiger partial charge in [-0.3, -0.25) is 9.79 Å². The number of hydrogen-bond donors (Lipinski definition) is 2. The van der Waals surface area contributed by atoms with E-state index in [4.69, 9.17) is 9.73 Å². The first kappa shape index (κ1) is 24.9. The molecular formula is C21H37IN4O2. The molecule has 160 valence electrons. The Morgan fingerprint density at radius 2 is 2.07 bits per heavy atom. The molecule has 0 bridgehead atoms. The Balaban J connectivity index is 0.00000392. The van der Waals surface area contributed by atoms with Crippen LogP contribution < -0.4 is 16.2 Å². The second kappa shape index (κ2) is 13.2.